The van der Waals surface area contributed by atoms with Crippen molar-refractivity contribution in [3.63, 3.8) is 0 Å². The minimum Gasteiger partial charge on any atom is -0.394 e. The summed E-state index contributed by atoms with van der Waals surface area (Å²) < 4.78 is 1.81. The Morgan fingerprint density at radius 1 is 1.53 bits per heavy atom. The molecule has 1 aromatic heterocycles. The van der Waals surface area contributed by atoms with Crippen LogP contribution in [0.4, 0.5) is 11.5 Å². The molecule has 1 aromatic rings. The first-order valence-corrected chi connectivity index (χ1v) is 6.35. The predicted octanol–water partition coefficient (Wildman–Crippen LogP) is 1.14. The van der Waals surface area contributed by atoms with Crippen molar-refractivity contribution in [3.05, 3.63) is 5.69 Å². The summed E-state index contributed by atoms with van der Waals surface area (Å²) in [5, 5.41) is 17.0. The molecule has 0 amide bonds. The zero-order chi connectivity index (χ0) is 12.4. The van der Waals surface area contributed by atoms with Crippen molar-refractivity contribution in [2.24, 2.45) is 13.0 Å². The topological polar surface area (TPSA) is 76.1 Å². The number of nitrogens with one attached hydrogen (secondary N) is 1. The van der Waals surface area contributed by atoms with Gasteiger partial charge in [0.05, 0.1) is 17.5 Å². The average Bonchev–Trinajstić information content (AvgIpc) is 2.50. The van der Waals surface area contributed by atoms with Crippen LogP contribution in [-0.4, -0.2) is 27.5 Å². The van der Waals surface area contributed by atoms with Crippen LogP contribution in [0.1, 0.15) is 31.9 Å². The fourth-order valence-electron chi connectivity index (χ4n) is 2.34. The molecule has 1 saturated carbocycles. The number of anilines is 2. The van der Waals surface area contributed by atoms with Gasteiger partial charge in [-0.05, 0) is 25.2 Å². The molecule has 0 spiro atoms. The van der Waals surface area contributed by atoms with E-state index in [4.69, 9.17) is 5.73 Å². The molecule has 1 aliphatic rings. The lowest BCUT2D eigenvalue weighted by Gasteiger charge is -2.31. The number of aryl methyl sites for hydroxylation is 2. The normalized spacial score (nSPS) is 23.5. The molecule has 1 heterocycles. The largest absolute Gasteiger partial charge is 0.394 e. The van der Waals surface area contributed by atoms with Crippen LogP contribution in [-0.2, 0) is 13.5 Å². The van der Waals surface area contributed by atoms with Crippen LogP contribution in [0.2, 0.25) is 0 Å². The molecule has 0 unspecified atom stereocenters. The Kier molecular flexibility index (Phi) is 3.57. The molecule has 0 aromatic carbocycles. The van der Waals surface area contributed by atoms with Gasteiger partial charge in [0.2, 0.25) is 0 Å². The fourth-order valence-corrected chi connectivity index (χ4v) is 2.34. The first kappa shape index (κ1) is 12.2. The third-order valence-corrected chi connectivity index (χ3v) is 3.42. The maximum absolute atomic E-state index is 9.23. The maximum atomic E-state index is 9.23. The first-order valence-electron chi connectivity index (χ1n) is 6.35. The van der Waals surface area contributed by atoms with E-state index in [-0.39, 0.29) is 6.10 Å². The van der Waals surface area contributed by atoms with Gasteiger partial charge in [-0.1, -0.05) is 13.3 Å². The van der Waals surface area contributed by atoms with Gasteiger partial charge in [0.1, 0.15) is 5.82 Å². The highest BCUT2D eigenvalue weighted by Gasteiger charge is 2.27. The van der Waals surface area contributed by atoms with Gasteiger partial charge in [0, 0.05) is 13.6 Å². The summed E-state index contributed by atoms with van der Waals surface area (Å²) in [5.41, 5.74) is 7.82. The minimum absolute atomic E-state index is 0.0960. The Hall–Kier alpha value is -1.23. The number of aromatic nitrogens is 2. The summed E-state index contributed by atoms with van der Waals surface area (Å²) in [6.07, 6.45) is 3.67. The van der Waals surface area contributed by atoms with Gasteiger partial charge >= 0.3 is 0 Å². The smallest absolute Gasteiger partial charge is 0.147 e. The number of rotatable bonds is 5. The molecule has 0 bridgehead atoms. The number of aliphatic hydroxyl groups excluding tert-OH is 1. The number of hydrogen-bond donors (Lipinski definition) is 3. The van der Waals surface area contributed by atoms with Crippen LogP contribution in [0.5, 0.6) is 0 Å². The Labute approximate surface area is 102 Å². The second-order valence-electron chi connectivity index (χ2n) is 4.95. The molecule has 0 saturated heterocycles. The lowest BCUT2D eigenvalue weighted by Crippen LogP contribution is -2.33. The first-order chi connectivity index (χ1) is 8.11. The van der Waals surface area contributed by atoms with Crippen LogP contribution in [0.25, 0.3) is 0 Å². The number of nitrogen functional groups attached to an aromatic ring is 1. The van der Waals surface area contributed by atoms with Gasteiger partial charge in [0.25, 0.3) is 0 Å². The summed E-state index contributed by atoms with van der Waals surface area (Å²) in [6.45, 7) is 2.99. The molecular weight excluding hydrogens is 216 g/mol. The Balaban J connectivity index is 1.95. The summed E-state index contributed by atoms with van der Waals surface area (Å²) >= 11 is 0. The lowest BCUT2D eigenvalue weighted by molar-refractivity contribution is 0.0486. The summed E-state index contributed by atoms with van der Waals surface area (Å²) in [5.74, 6) is 1.48. The Morgan fingerprint density at radius 3 is 2.82 bits per heavy atom. The number of nitrogens with zero attached hydrogens (tertiary/aromatic N) is 2. The highest BCUT2D eigenvalue weighted by atomic mass is 16.3. The number of nitrogens with two attached hydrogens (primary N) is 1. The van der Waals surface area contributed by atoms with Gasteiger partial charge in [-0.3, -0.25) is 4.68 Å². The SMILES string of the molecule is CCCc1nn(C)c(NCC2CC(O)C2)c1N. The van der Waals surface area contributed by atoms with E-state index in [0.29, 0.717) is 5.92 Å². The summed E-state index contributed by atoms with van der Waals surface area (Å²) in [4.78, 5) is 0. The third-order valence-electron chi connectivity index (χ3n) is 3.42. The fraction of sp³-hybridized carbons (Fsp3) is 0.750. The average molecular weight is 238 g/mol. The Bertz CT molecular complexity index is 382. The highest BCUT2D eigenvalue weighted by molar-refractivity contribution is 5.65. The van der Waals surface area contributed by atoms with Crippen molar-refractivity contribution in [2.45, 2.75) is 38.7 Å². The van der Waals surface area contributed by atoms with Crippen LogP contribution in [0, 0.1) is 5.92 Å². The van der Waals surface area contributed by atoms with E-state index >= 15 is 0 Å². The van der Waals surface area contributed by atoms with E-state index in [2.05, 4.69) is 17.3 Å². The number of hydrogen-bond acceptors (Lipinski definition) is 4. The van der Waals surface area contributed by atoms with Crippen molar-refractivity contribution in [1.29, 1.82) is 0 Å². The third kappa shape index (κ3) is 2.54. The van der Waals surface area contributed by atoms with E-state index in [1.165, 1.54) is 0 Å². The second-order valence-corrected chi connectivity index (χ2v) is 4.95. The van der Waals surface area contributed by atoms with Crippen LogP contribution in [0.3, 0.4) is 0 Å². The van der Waals surface area contributed by atoms with Crippen molar-refractivity contribution < 1.29 is 5.11 Å². The van der Waals surface area contributed by atoms with Gasteiger partial charge in [-0.2, -0.15) is 5.10 Å². The molecule has 17 heavy (non-hydrogen) atoms. The molecule has 96 valence electrons. The maximum Gasteiger partial charge on any atom is 0.147 e. The molecule has 0 atom stereocenters. The highest BCUT2D eigenvalue weighted by Crippen LogP contribution is 2.29. The number of aliphatic hydroxyl groups is 1. The van der Waals surface area contributed by atoms with Crippen molar-refractivity contribution >= 4 is 11.5 Å². The van der Waals surface area contributed by atoms with Crippen LogP contribution >= 0.6 is 0 Å². The van der Waals surface area contributed by atoms with Gasteiger partial charge in [-0.15, -0.1) is 0 Å². The molecule has 2 rings (SSSR count). The molecule has 0 aliphatic heterocycles. The quantitative estimate of drug-likeness (QED) is 0.719. The van der Waals surface area contributed by atoms with E-state index in [1.54, 1.807) is 0 Å². The molecule has 5 heteroatoms. The lowest BCUT2D eigenvalue weighted by atomic mass is 9.82. The van der Waals surface area contributed by atoms with E-state index in [0.717, 1.165) is 49.4 Å². The molecule has 5 nitrogen and oxygen atoms in total. The van der Waals surface area contributed by atoms with E-state index in [1.807, 2.05) is 11.7 Å². The Morgan fingerprint density at radius 2 is 2.24 bits per heavy atom. The molecule has 1 fully saturated rings. The molecule has 1 aliphatic carbocycles. The predicted molar refractivity (Wildman–Crippen MR) is 68.8 cm³/mol. The van der Waals surface area contributed by atoms with Crippen LogP contribution in [0.15, 0.2) is 0 Å². The second kappa shape index (κ2) is 4.96. The summed E-state index contributed by atoms with van der Waals surface area (Å²) in [6, 6.07) is 0. The van der Waals surface area contributed by atoms with E-state index < -0.39 is 0 Å². The van der Waals surface area contributed by atoms with Gasteiger partial charge in [0.15, 0.2) is 0 Å². The van der Waals surface area contributed by atoms with Crippen molar-refractivity contribution in [1.82, 2.24) is 9.78 Å². The van der Waals surface area contributed by atoms with Crippen molar-refractivity contribution in [2.75, 3.05) is 17.6 Å². The standard InChI is InChI=1S/C12H22N4O/c1-3-4-10-11(13)12(16(2)15-10)14-7-8-5-9(17)6-8/h8-9,14,17H,3-7,13H2,1-2H3. The molecule has 0 radical (unpaired) electrons. The zero-order valence-electron chi connectivity index (χ0n) is 10.6. The summed E-state index contributed by atoms with van der Waals surface area (Å²) in [7, 11) is 1.91. The van der Waals surface area contributed by atoms with E-state index in [9.17, 15) is 5.11 Å². The zero-order valence-corrected chi connectivity index (χ0v) is 10.6. The monoisotopic (exact) mass is 238 g/mol. The van der Waals surface area contributed by atoms with Gasteiger partial charge in [-0.25, -0.2) is 0 Å². The molecule has 4 N–H and O–H groups in total. The van der Waals surface area contributed by atoms with Crippen molar-refractivity contribution in [3.8, 4) is 0 Å². The minimum atomic E-state index is -0.0960. The van der Waals surface area contributed by atoms with Crippen LogP contribution < -0.4 is 11.1 Å². The van der Waals surface area contributed by atoms with Gasteiger partial charge < -0.3 is 16.2 Å². The molecular formula is C12H22N4O.